The maximum atomic E-state index is 8.26. The van der Waals surface area contributed by atoms with Gasteiger partial charge in [0, 0.05) is 6.54 Å². The first-order valence-electron chi connectivity index (χ1n) is 3.99. The summed E-state index contributed by atoms with van der Waals surface area (Å²) in [7, 11) is 4.05. The topological polar surface area (TPSA) is 62.9 Å². The van der Waals surface area contributed by atoms with Gasteiger partial charge in [0.2, 0.25) is 0 Å². The lowest BCUT2D eigenvalue weighted by Crippen LogP contribution is -2.25. The predicted octanol–water partition coefficient (Wildman–Crippen LogP) is 0.0711. The Morgan fingerprint density at radius 2 is 2.25 bits per heavy atom. The van der Waals surface area contributed by atoms with Crippen molar-refractivity contribution in [2.45, 2.75) is 6.42 Å². The molecule has 12 heavy (non-hydrogen) atoms. The van der Waals surface area contributed by atoms with E-state index in [4.69, 9.17) is 10.7 Å². The van der Waals surface area contributed by atoms with Crippen molar-refractivity contribution in [1.82, 2.24) is 10.2 Å². The van der Waals surface area contributed by atoms with Crippen molar-refractivity contribution in [3.8, 4) is 6.07 Å². The van der Waals surface area contributed by atoms with E-state index in [9.17, 15) is 0 Å². The van der Waals surface area contributed by atoms with Crippen LogP contribution in [0, 0.1) is 16.7 Å². The molecule has 0 aliphatic rings. The van der Waals surface area contributed by atoms with Gasteiger partial charge in [0.15, 0.2) is 0 Å². The minimum absolute atomic E-state index is 0.0971. The molecule has 4 heteroatoms. The summed E-state index contributed by atoms with van der Waals surface area (Å²) in [6, 6.07) is 1.78. The molecule has 0 saturated heterocycles. The van der Waals surface area contributed by atoms with Crippen LogP contribution in [0.15, 0.2) is 0 Å². The maximum absolute atomic E-state index is 8.26. The molecular formula is C8H16N4. The third-order valence-electron chi connectivity index (χ3n) is 1.40. The summed E-state index contributed by atoms with van der Waals surface area (Å²) in [4.78, 5) is 2.11. The third kappa shape index (κ3) is 7.19. The van der Waals surface area contributed by atoms with E-state index in [1.54, 1.807) is 6.07 Å². The monoisotopic (exact) mass is 168 g/mol. The van der Waals surface area contributed by atoms with Gasteiger partial charge in [0.25, 0.3) is 0 Å². The minimum Gasteiger partial charge on any atom is -0.311 e. The Morgan fingerprint density at radius 3 is 2.75 bits per heavy atom. The molecule has 0 radical (unpaired) electrons. The van der Waals surface area contributed by atoms with Crippen molar-refractivity contribution in [3.05, 3.63) is 0 Å². The van der Waals surface area contributed by atoms with Crippen LogP contribution in [0.3, 0.4) is 0 Å². The number of hydrogen-bond acceptors (Lipinski definition) is 4. The first-order chi connectivity index (χ1) is 5.66. The quantitative estimate of drug-likeness (QED) is 0.436. The molecule has 0 rings (SSSR count). The van der Waals surface area contributed by atoms with Gasteiger partial charge in [-0.2, -0.15) is 5.26 Å². The van der Waals surface area contributed by atoms with E-state index < -0.39 is 0 Å². The van der Waals surface area contributed by atoms with E-state index in [1.165, 1.54) is 0 Å². The molecule has 0 bridgehead atoms. The molecule has 0 heterocycles. The fourth-order valence-corrected chi connectivity index (χ4v) is 0.773. The van der Waals surface area contributed by atoms with Crippen molar-refractivity contribution in [2.24, 2.45) is 0 Å². The van der Waals surface area contributed by atoms with Crippen molar-refractivity contribution in [2.75, 3.05) is 33.7 Å². The zero-order chi connectivity index (χ0) is 9.40. The van der Waals surface area contributed by atoms with E-state index in [2.05, 4.69) is 10.2 Å². The van der Waals surface area contributed by atoms with Crippen LogP contribution in [-0.4, -0.2) is 44.3 Å². The van der Waals surface area contributed by atoms with Crippen LogP contribution in [0.1, 0.15) is 6.42 Å². The lowest BCUT2D eigenvalue weighted by molar-refractivity contribution is 0.397. The smallest absolute Gasteiger partial charge is 0.122 e. The highest BCUT2D eigenvalue weighted by Gasteiger charge is 1.93. The SMILES string of the molecule is CN(C)CCCNCC(=N)C#N. The number of nitriles is 1. The highest BCUT2D eigenvalue weighted by Crippen LogP contribution is 1.80. The average Bonchev–Trinajstić information content (AvgIpc) is 2.03. The molecule has 68 valence electrons. The van der Waals surface area contributed by atoms with Gasteiger partial charge in [0.05, 0.1) is 0 Å². The molecule has 0 aromatic rings. The molecular weight excluding hydrogens is 152 g/mol. The van der Waals surface area contributed by atoms with Crippen LogP contribution in [0.5, 0.6) is 0 Å². The molecule has 0 spiro atoms. The lowest BCUT2D eigenvalue weighted by Gasteiger charge is -2.08. The second-order valence-electron chi connectivity index (χ2n) is 2.92. The molecule has 0 aliphatic heterocycles. The highest BCUT2D eigenvalue weighted by molar-refractivity contribution is 5.97. The second kappa shape index (κ2) is 6.77. The maximum Gasteiger partial charge on any atom is 0.122 e. The Morgan fingerprint density at radius 1 is 1.58 bits per heavy atom. The van der Waals surface area contributed by atoms with E-state index in [0.717, 1.165) is 19.5 Å². The first kappa shape index (κ1) is 11.1. The van der Waals surface area contributed by atoms with Crippen LogP contribution < -0.4 is 5.32 Å². The number of nitrogens with one attached hydrogen (secondary N) is 2. The van der Waals surface area contributed by atoms with E-state index >= 15 is 0 Å². The summed E-state index contributed by atoms with van der Waals surface area (Å²) >= 11 is 0. The van der Waals surface area contributed by atoms with Gasteiger partial charge >= 0.3 is 0 Å². The fraction of sp³-hybridized carbons (Fsp3) is 0.750. The molecule has 0 aliphatic carbocycles. The molecule has 0 amide bonds. The molecule has 0 fully saturated rings. The second-order valence-corrected chi connectivity index (χ2v) is 2.92. The number of rotatable bonds is 6. The molecule has 0 atom stereocenters. The minimum atomic E-state index is 0.0971. The normalized spacial score (nSPS) is 9.83. The van der Waals surface area contributed by atoms with Crippen LogP contribution in [0.25, 0.3) is 0 Å². The third-order valence-corrected chi connectivity index (χ3v) is 1.40. The van der Waals surface area contributed by atoms with Crippen molar-refractivity contribution in [1.29, 1.82) is 10.7 Å². The van der Waals surface area contributed by atoms with Crippen molar-refractivity contribution in [3.63, 3.8) is 0 Å². The fourth-order valence-electron chi connectivity index (χ4n) is 0.773. The van der Waals surface area contributed by atoms with Crippen molar-refractivity contribution < 1.29 is 0 Å². The standard InChI is InChI=1S/C8H16N4/c1-12(2)5-3-4-11-7-8(10)6-9/h10-11H,3-5,7H2,1-2H3. The molecule has 2 N–H and O–H groups in total. The Hall–Kier alpha value is -0.920. The summed E-state index contributed by atoms with van der Waals surface area (Å²) in [5.41, 5.74) is 0.0971. The number of hydrogen-bond donors (Lipinski definition) is 2. The van der Waals surface area contributed by atoms with E-state index in [-0.39, 0.29) is 5.71 Å². The van der Waals surface area contributed by atoms with Gasteiger partial charge in [-0.1, -0.05) is 0 Å². The average molecular weight is 168 g/mol. The number of nitrogens with zero attached hydrogens (tertiary/aromatic N) is 2. The van der Waals surface area contributed by atoms with E-state index in [0.29, 0.717) is 6.54 Å². The van der Waals surface area contributed by atoms with Gasteiger partial charge in [-0.15, -0.1) is 0 Å². The summed E-state index contributed by atoms with van der Waals surface area (Å²) in [5.74, 6) is 0. The van der Waals surface area contributed by atoms with Gasteiger partial charge in [-0.3, -0.25) is 5.41 Å². The highest BCUT2D eigenvalue weighted by atomic mass is 15.1. The van der Waals surface area contributed by atoms with Gasteiger partial charge in [-0.05, 0) is 33.6 Å². The molecule has 0 unspecified atom stereocenters. The summed E-state index contributed by atoms with van der Waals surface area (Å²) in [5, 5.41) is 18.3. The van der Waals surface area contributed by atoms with E-state index in [1.807, 2.05) is 14.1 Å². The van der Waals surface area contributed by atoms with Crippen LogP contribution in [0.4, 0.5) is 0 Å². The van der Waals surface area contributed by atoms with Crippen LogP contribution >= 0.6 is 0 Å². The molecule has 0 aromatic carbocycles. The molecule has 0 saturated carbocycles. The van der Waals surface area contributed by atoms with Gasteiger partial charge in [0.1, 0.15) is 11.8 Å². The summed E-state index contributed by atoms with van der Waals surface area (Å²) in [6.07, 6.45) is 1.05. The van der Waals surface area contributed by atoms with Crippen molar-refractivity contribution >= 4 is 5.71 Å². The Labute approximate surface area is 73.7 Å². The van der Waals surface area contributed by atoms with Crippen LogP contribution in [-0.2, 0) is 0 Å². The Kier molecular flexibility index (Phi) is 6.25. The lowest BCUT2D eigenvalue weighted by atomic mass is 10.3. The molecule has 0 aromatic heterocycles. The first-order valence-corrected chi connectivity index (χ1v) is 3.99. The largest absolute Gasteiger partial charge is 0.311 e. The van der Waals surface area contributed by atoms with Gasteiger partial charge < -0.3 is 10.2 Å². The summed E-state index contributed by atoms with van der Waals surface area (Å²) in [6.45, 7) is 2.29. The zero-order valence-corrected chi connectivity index (χ0v) is 7.72. The van der Waals surface area contributed by atoms with Crippen LogP contribution in [0.2, 0.25) is 0 Å². The Bertz CT molecular complexity index is 168. The zero-order valence-electron chi connectivity index (χ0n) is 7.72. The Balaban J connectivity index is 3.12. The predicted molar refractivity (Wildman–Crippen MR) is 49.4 cm³/mol. The summed E-state index contributed by atoms with van der Waals surface area (Å²) < 4.78 is 0. The van der Waals surface area contributed by atoms with Gasteiger partial charge in [-0.25, -0.2) is 0 Å². The molecule has 4 nitrogen and oxygen atoms in total.